The van der Waals surface area contributed by atoms with Crippen LogP contribution in [0.3, 0.4) is 0 Å². The molecule has 0 aromatic carbocycles. The lowest BCUT2D eigenvalue weighted by molar-refractivity contribution is -0.333. The Morgan fingerprint density at radius 1 is 0.722 bits per heavy atom. The predicted molar refractivity (Wildman–Crippen MR) is 466 cm³/mol. The van der Waals surface area contributed by atoms with E-state index in [1.807, 2.05) is 27.1 Å². The molecule has 0 unspecified atom stereocenters. The zero-order valence-corrected chi connectivity index (χ0v) is 84.2. The van der Waals surface area contributed by atoms with Crippen LogP contribution in [0.2, 0.25) is 141 Å². The van der Waals surface area contributed by atoms with Gasteiger partial charge in [0.25, 0.3) is 5.91 Å². The average molecular weight is 1670 g/mol. The molecule has 1 N–H and O–H groups in total. The maximum absolute atomic E-state index is 16.0. The summed E-state index contributed by atoms with van der Waals surface area (Å²) in [7, 11) is -12.7. The first-order valence-electron chi connectivity index (χ1n) is 41.5. The number of nitrogens with zero attached hydrogens (tertiary/aromatic N) is 2. The lowest BCUT2D eigenvalue weighted by atomic mass is 9.72. The molecule has 0 bridgehead atoms. The SMILES string of the molecule is CC[Si](CC)(O[C@H]([C@@H](COC)N(C)C)[C@@H](O[Si](CC)(CC)C(C)C)C(=O)NCC[C@@H](C)c1nc(/C=C/C[C@H]2O[C@@]3(C[C@H](O[Si](C)(C)C(C)(C)C)[C@H]2C)O[C@@H]([C@@H](C[C@@H](O[Si](C)(C)C(C)(C)C)[C@@H](C)[C@@H](O[Si](C)(C)C(C)(C)C)[C@H](C)C=O)OC)[C@@H](OP(=O)(OCC[Si](C)(C)C)OCC[Si](C)(C)C)C3(C)C)co1)C(C)C. The molecule has 1 aromatic rings. The van der Waals surface area contributed by atoms with E-state index in [9.17, 15) is 4.79 Å². The second-order valence-corrected chi connectivity index (χ2v) is 77.8. The van der Waals surface area contributed by atoms with Crippen LogP contribution in [0.4, 0.5) is 0 Å². The molecule has 19 nitrogen and oxygen atoms in total. The molecule has 2 aliphatic rings. The Labute approximate surface area is 668 Å². The maximum Gasteiger partial charge on any atom is 0.475 e. The van der Waals surface area contributed by atoms with E-state index in [0.29, 0.717) is 56.0 Å². The quantitative estimate of drug-likeness (QED) is 0.0366. The summed E-state index contributed by atoms with van der Waals surface area (Å²) in [4.78, 5) is 35.5. The highest BCUT2D eigenvalue weighted by molar-refractivity contribution is 7.48. The van der Waals surface area contributed by atoms with Gasteiger partial charge in [-0.1, -0.05) is 205 Å². The summed E-state index contributed by atoms with van der Waals surface area (Å²) in [5.41, 5.74) is 0.183. The van der Waals surface area contributed by atoms with Gasteiger partial charge in [0.2, 0.25) is 0 Å². The summed E-state index contributed by atoms with van der Waals surface area (Å²) < 4.78 is 109. The van der Waals surface area contributed by atoms with Crippen molar-refractivity contribution in [2.24, 2.45) is 23.2 Å². The predicted octanol–water partition coefficient (Wildman–Crippen LogP) is 21.6. The molecule has 3 heterocycles. The number of hydrogen-bond donors (Lipinski definition) is 1. The van der Waals surface area contributed by atoms with Crippen molar-refractivity contribution >= 4 is 83.8 Å². The van der Waals surface area contributed by atoms with E-state index >= 15 is 9.36 Å². The summed E-state index contributed by atoms with van der Waals surface area (Å²) in [6.07, 6.45) is 2.63. The molecule has 1 aromatic heterocycles. The molecule has 2 fully saturated rings. The van der Waals surface area contributed by atoms with Gasteiger partial charge in [-0.25, -0.2) is 9.55 Å². The molecule has 0 aliphatic carbocycles. The van der Waals surface area contributed by atoms with Gasteiger partial charge in [0.15, 0.2) is 59.4 Å². The normalized spacial score (nSPS) is 23.3. The van der Waals surface area contributed by atoms with Crippen LogP contribution in [0.5, 0.6) is 0 Å². The lowest BCUT2D eigenvalue weighted by Gasteiger charge is -2.53. The van der Waals surface area contributed by atoms with E-state index in [4.69, 9.17) is 64.0 Å². The second-order valence-electron chi connectivity index (χ2n) is 40.8. The van der Waals surface area contributed by atoms with Gasteiger partial charge < -0.3 is 60.5 Å². The van der Waals surface area contributed by atoms with Crippen molar-refractivity contribution in [3.63, 3.8) is 0 Å². The van der Waals surface area contributed by atoms with E-state index in [1.54, 1.807) is 20.5 Å². The van der Waals surface area contributed by atoms with E-state index in [1.165, 1.54) is 0 Å². The highest BCUT2D eigenvalue weighted by Gasteiger charge is 2.69. The van der Waals surface area contributed by atoms with Crippen molar-refractivity contribution in [3.05, 3.63) is 23.9 Å². The average Bonchev–Trinajstić information content (AvgIpc) is 1.54. The molecular weight excluding hydrogens is 1500 g/mol. The highest BCUT2D eigenvalue weighted by Crippen LogP contribution is 2.63. The first kappa shape index (κ1) is 102. The number of oxazole rings is 1. The van der Waals surface area contributed by atoms with Crippen LogP contribution in [0.1, 0.15) is 202 Å². The van der Waals surface area contributed by atoms with Gasteiger partial charge in [0, 0.05) is 78.8 Å². The van der Waals surface area contributed by atoms with E-state index < -0.39 is 132 Å². The van der Waals surface area contributed by atoms with Gasteiger partial charge in [0.1, 0.15) is 30.5 Å². The molecule has 27 heteroatoms. The Hall–Kier alpha value is -0.682. The molecule has 2 saturated heterocycles. The Kier molecular flexibility index (Phi) is 38.2. The number of aromatic nitrogens is 1. The molecule has 0 saturated carbocycles. The first-order valence-corrected chi connectivity index (χ1v) is 63.9. The van der Waals surface area contributed by atoms with Gasteiger partial charge in [0.05, 0.1) is 62.5 Å². The zero-order valence-electron chi connectivity index (χ0n) is 76.3. The minimum absolute atomic E-state index is 0.123. The van der Waals surface area contributed by atoms with Crippen LogP contribution >= 0.6 is 7.82 Å². The summed E-state index contributed by atoms with van der Waals surface area (Å²) in [5, 5.41) is 2.90. The fourth-order valence-electron chi connectivity index (χ4n) is 14.4. The number of carbonyl (C=O) groups excluding carboxylic acids is 2. The molecule has 15 atom stereocenters. The zero-order chi connectivity index (χ0) is 83.4. The smallest absolute Gasteiger partial charge is 0.448 e. The van der Waals surface area contributed by atoms with E-state index in [-0.39, 0.29) is 69.7 Å². The number of ether oxygens (including phenoxy) is 4. The van der Waals surface area contributed by atoms with E-state index in [2.05, 4.69) is 247 Å². The first-order chi connectivity index (χ1) is 49.2. The third kappa shape index (κ3) is 26.9. The fraction of sp³-hybridized carbons (Fsp3) is 0.914. The molecule has 1 spiro atoms. The van der Waals surface area contributed by atoms with Crippen molar-refractivity contribution in [1.29, 1.82) is 0 Å². The highest BCUT2D eigenvalue weighted by atomic mass is 31.2. The molecular formula is C81H166N3O16PSi7. The molecule has 3 rings (SSSR count). The topological polar surface area (TPSA) is 203 Å². The van der Waals surface area contributed by atoms with Crippen LogP contribution in [0.25, 0.3) is 6.08 Å². The molecule has 0 radical (unpaired) electrons. The van der Waals surface area contributed by atoms with Gasteiger partial charge in [-0.05, 0) is 135 Å². The summed E-state index contributed by atoms with van der Waals surface area (Å²) in [6, 6.07) is 4.86. The molecule has 1 amide bonds. The minimum Gasteiger partial charge on any atom is -0.448 e. The Morgan fingerprint density at radius 2 is 1.22 bits per heavy atom. The molecule has 2 aliphatic heterocycles. The number of likely N-dealkylation sites (N-methyl/N-ethyl adjacent to an activating group) is 1. The van der Waals surface area contributed by atoms with Crippen molar-refractivity contribution < 1.29 is 73.2 Å². The van der Waals surface area contributed by atoms with Crippen molar-refractivity contribution in [3.8, 4) is 0 Å². The number of carbonyl (C=O) groups is 2. The second kappa shape index (κ2) is 40.7. The third-order valence-electron chi connectivity index (χ3n) is 26.1. The summed E-state index contributed by atoms with van der Waals surface area (Å²) >= 11 is 0. The Bertz CT molecular complexity index is 2920. The van der Waals surface area contributed by atoms with Crippen LogP contribution in [0.15, 0.2) is 16.8 Å². The monoisotopic (exact) mass is 1660 g/mol. The Balaban J connectivity index is 2.31. The van der Waals surface area contributed by atoms with Gasteiger partial charge in [-0.2, -0.15) is 0 Å². The molecule has 634 valence electrons. The number of phosphoric ester groups is 1. The maximum atomic E-state index is 16.0. The van der Waals surface area contributed by atoms with Crippen molar-refractivity contribution in [1.82, 2.24) is 15.2 Å². The van der Waals surface area contributed by atoms with Crippen molar-refractivity contribution in [2.45, 2.75) is 399 Å². The van der Waals surface area contributed by atoms with Crippen LogP contribution in [-0.4, -0.2) is 201 Å². The summed E-state index contributed by atoms with van der Waals surface area (Å²) in [5.74, 6) is -2.03. The fourth-order valence-corrected chi connectivity index (χ4v) is 29.0. The van der Waals surface area contributed by atoms with E-state index in [0.717, 1.165) is 42.6 Å². The van der Waals surface area contributed by atoms with Crippen molar-refractivity contribution in [2.75, 3.05) is 54.7 Å². The third-order valence-corrected chi connectivity index (χ3v) is 55.0. The largest absolute Gasteiger partial charge is 0.475 e. The van der Waals surface area contributed by atoms with Gasteiger partial charge in [-0.3, -0.25) is 18.4 Å². The number of phosphoric acid groups is 1. The lowest BCUT2D eigenvalue weighted by Crippen LogP contribution is -2.62. The number of rotatable bonds is 47. The Morgan fingerprint density at radius 3 is 1.67 bits per heavy atom. The van der Waals surface area contributed by atoms with Gasteiger partial charge >= 0.3 is 7.82 Å². The summed E-state index contributed by atoms with van der Waals surface area (Å²) in [6.45, 7) is 79.2. The minimum atomic E-state index is -4.37. The number of hydrogen-bond acceptors (Lipinski definition) is 18. The number of amides is 1. The number of aldehydes is 1. The number of methoxy groups -OCH3 is 2. The standard InChI is InChI=1S/C81H166N3O16PSi7/c1-40-107(41-2,58(5)6)99-71(65(57-88-26)84(24)25)73(100-108(42-3,43-4)59(7)8)75(86)82-48-47-60(9)76-83-64(56-90-76)45-44-46-66-62(11)69(97-105(36,37)78(16,17)18)54-81(93-66)80(22,23)74(95-101(87,91-49-51-102(28,29)30)92-50-52-103(31,32)33)72(94-81)68(89-27)53-67(96-104(34,35)77(13,14)15)63(12)70(61(10)55-85)98-106(38,39)79(19,20)21/h44-45,55-56,58-63,65-74H,40-43,46-54,57H2,1-39H3,(H,82,86)/b45-44+/t60-,61-,62+,63-,65-,66-,67-,68-,69+,70+,71-,72+,73-,74-,81+/m1/s1. The van der Waals surface area contributed by atoms with Crippen LogP contribution in [-0.2, 0) is 68.8 Å². The van der Waals surface area contributed by atoms with Crippen LogP contribution < -0.4 is 5.32 Å². The number of nitrogens with one attached hydrogen (secondary N) is 1. The van der Waals surface area contributed by atoms with Gasteiger partial charge in [-0.15, -0.1) is 0 Å². The van der Waals surface area contributed by atoms with Crippen LogP contribution in [0, 0.1) is 23.2 Å². The molecule has 108 heavy (non-hydrogen) atoms.